The first-order valence-electron chi connectivity index (χ1n) is 13.1. The molecule has 2 atom stereocenters. The van der Waals surface area contributed by atoms with Gasteiger partial charge < -0.3 is 20.4 Å². The summed E-state index contributed by atoms with van der Waals surface area (Å²) in [6, 6.07) is 15.3. The zero-order valence-electron chi connectivity index (χ0n) is 23.8. The predicted octanol–water partition coefficient (Wildman–Crippen LogP) is 4.94. The third kappa shape index (κ3) is 7.31. The molecule has 210 valence electrons. The van der Waals surface area contributed by atoms with Crippen LogP contribution in [-0.4, -0.2) is 84.9 Å². The number of pyridine rings is 2. The predicted molar refractivity (Wildman–Crippen MR) is 166 cm³/mol. The number of nitrogens with zero attached hydrogens (tertiary/aromatic N) is 4. The molecule has 2 amide bonds. The van der Waals surface area contributed by atoms with Gasteiger partial charge in [-0.15, -0.1) is 0 Å². The molecule has 2 unspecified atom stereocenters. The maximum Gasteiger partial charge on any atom is 0.252 e. The van der Waals surface area contributed by atoms with E-state index in [-0.39, 0.29) is 23.9 Å². The van der Waals surface area contributed by atoms with E-state index in [2.05, 4.69) is 20.6 Å². The van der Waals surface area contributed by atoms with Crippen molar-refractivity contribution in [3.63, 3.8) is 0 Å². The van der Waals surface area contributed by atoms with Crippen LogP contribution in [0.5, 0.6) is 0 Å². The van der Waals surface area contributed by atoms with Crippen molar-refractivity contribution in [1.82, 2.24) is 30.4 Å². The first-order valence-corrected chi connectivity index (χ1v) is 15.3. The van der Waals surface area contributed by atoms with Gasteiger partial charge in [0.05, 0.1) is 22.2 Å². The van der Waals surface area contributed by atoms with E-state index >= 15 is 0 Å². The molecule has 0 aliphatic heterocycles. The molecule has 0 bridgehead atoms. The zero-order chi connectivity index (χ0) is 28.8. The highest BCUT2D eigenvalue weighted by Crippen LogP contribution is 2.42. The summed E-state index contributed by atoms with van der Waals surface area (Å²) in [4.78, 5) is 41.4. The lowest BCUT2D eigenvalue weighted by Gasteiger charge is -2.19. The average molecular weight is 577 g/mol. The van der Waals surface area contributed by atoms with Gasteiger partial charge in [-0.1, -0.05) is 45.9 Å². The number of hydrogen-bond donors (Lipinski definition) is 2. The Bertz CT molecular complexity index is 1400. The van der Waals surface area contributed by atoms with Gasteiger partial charge in [0, 0.05) is 58.1 Å². The van der Waals surface area contributed by atoms with Crippen molar-refractivity contribution in [3.05, 3.63) is 72.1 Å². The van der Waals surface area contributed by atoms with Crippen LogP contribution in [0.1, 0.15) is 34.6 Å². The van der Waals surface area contributed by atoms with E-state index in [1.807, 2.05) is 88.2 Å². The Hall–Kier alpha value is -3.18. The van der Waals surface area contributed by atoms with Gasteiger partial charge in [-0.2, -0.15) is 0 Å². The number of aromatic nitrogens is 2. The van der Waals surface area contributed by atoms with Gasteiger partial charge in [-0.05, 0) is 66.3 Å². The molecule has 4 rings (SSSR count). The normalized spacial score (nSPS) is 13.1. The Morgan fingerprint density at radius 2 is 1.10 bits per heavy atom. The molecule has 10 heteroatoms. The smallest absolute Gasteiger partial charge is 0.252 e. The van der Waals surface area contributed by atoms with Crippen molar-refractivity contribution in [2.45, 2.75) is 35.7 Å². The maximum absolute atomic E-state index is 13.1. The molecule has 2 aromatic heterocycles. The Balaban J connectivity index is 1.57. The molecule has 0 saturated carbocycles. The molecule has 0 saturated heterocycles. The number of benzene rings is 2. The van der Waals surface area contributed by atoms with Crippen molar-refractivity contribution in [2.24, 2.45) is 0 Å². The summed E-state index contributed by atoms with van der Waals surface area (Å²) in [5, 5.41) is 7.80. The first kappa shape index (κ1) is 29.8. The average Bonchev–Trinajstić information content (AvgIpc) is 2.90. The largest absolute Gasteiger partial charge is 0.348 e. The quantitative estimate of drug-likeness (QED) is 0.243. The lowest BCUT2D eigenvalue weighted by molar-refractivity contribution is 0.0927. The highest BCUT2D eigenvalue weighted by molar-refractivity contribution is 8.76. The third-order valence-corrected chi connectivity index (χ3v) is 8.64. The van der Waals surface area contributed by atoms with Crippen LogP contribution in [0.4, 0.5) is 0 Å². The summed E-state index contributed by atoms with van der Waals surface area (Å²) in [5.74, 6) is -0.221. The maximum atomic E-state index is 13.1. The molecular weight excluding hydrogens is 541 g/mol. The number of hydrogen-bond acceptors (Lipinski definition) is 8. The first-order chi connectivity index (χ1) is 19.1. The number of amides is 2. The topological polar surface area (TPSA) is 90.5 Å². The number of carbonyl (C=O) groups excluding carboxylic acids is 2. The molecule has 2 heterocycles. The molecule has 0 fully saturated rings. The van der Waals surface area contributed by atoms with E-state index in [9.17, 15) is 9.59 Å². The second-order valence-electron chi connectivity index (χ2n) is 10.5. The van der Waals surface area contributed by atoms with Gasteiger partial charge in [-0.25, -0.2) is 0 Å². The van der Waals surface area contributed by atoms with Gasteiger partial charge in [0.15, 0.2) is 0 Å². The minimum Gasteiger partial charge on any atom is -0.348 e. The van der Waals surface area contributed by atoms with E-state index in [0.29, 0.717) is 11.1 Å². The van der Waals surface area contributed by atoms with Crippen LogP contribution < -0.4 is 10.6 Å². The van der Waals surface area contributed by atoms with Crippen LogP contribution in [0.15, 0.2) is 70.7 Å². The number of likely N-dealkylation sites (N-methyl/N-ethyl adjacent to an activating group) is 2. The summed E-state index contributed by atoms with van der Waals surface area (Å²) in [6.45, 7) is 5.50. The van der Waals surface area contributed by atoms with Crippen LogP contribution in [0, 0.1) is 0 Å². The van der Waals surface area contributed by atoms with Crippen molar-refractivity contribution in [3.8, 4) is 0 Å². The van der Waals surface area contributed by atoms with Gasteiger partial charge in [0.2, 0.25) is 0 Å². The molecule has 0 aliphatic rings. The highest BCUT2D eigenvalue weighted by atomic mass is 33.1. The monoisotopic (exact) mass is 576 g/mol. The lowest BCUT2D eigenvalue weighted by atomic mass is 10.1. The van der Waals surface area contributed by atoms with E-state index < -0.39 is 0 Å². The minimum absolute atomic E-state index is 0.0147. The molecule has 2 aromatic carbocycles. The fourth-order valence-corrected chi connectivity index (χ4v) is 6.98. The number of carbonyl (C=O) groups is 2. The SMILES string of the molecule is CC(CN(C)C)NC(=O)c1ccnc2c(SSc3cccc4c(C(=O)NC(C)CN(C)C)ccnc34)cccc12. The number of para-hydroxylation sites is 2. The van der Waals surface area contributed by atoms with Gasteiger partial charge in [-0.3, -0.25) is 19.6 Å². The zero-order valence-corrected chi connectivity index (χ0v) is 25.4. The molecular formula is C30H36N6O2S2. The summed E-state index contributed by atoms with van der Waals surface area (Å²) >= 11 is 0. The fraction of sp³-hybridized carbons (Fsp3) is 0.333. The van der Waals surface area contributed by atoms with E-state index in [1.165, 1.54) is 0 Å². The Morgan fingerprint density at radius 1 is 0.700 bits per heavy atom. The van der Waals surface area contributed by atoms with E-state index in [1.54, 1.807) is 46.1 Å². The van der Waals surface area contributed by atoms with Crippen molar-refractivity contribution < 1.29 is 9.59 Å². The molecule has 2 N–H and O–H groups in total. The van der Waals surface area contributed by atoms with E-state index in [0.717, 1.165) is 44.7 Å². The molecule has 4 aromatic rings. The van der Waals surface area contributed by atoms with Crippen LogP contribution in [0.2, 0.25) is 0 Å². The second kappa shape index (κ2) is 13.5. The molecule has 40 heavy (non-hydrogen) atoms. The highest BCUT2D eigenvalue weighted by Gasteiger charge is 2.18. The van der Waals surface area contributed by atoms with Gasteiger partial charge in [0.25, 0.3) is 11.8 Å². The van der Waals surface area contributed by atoms with E-state index in [4.69, 9.17) is 0 Å². The van der Waals surface area contributed by atoms with Crippen molar-refractivity contribution >= 4 is 55.2 Å². The molecule has 8 nitrogen and oxygen atoms in total. The number of rotatable bonds is 11. The molecule has 0 aliphatic carbocycles. The third-order valence-electron chi connectivity index (χ3n) is 6.21. The second-order valence-corrected chi connectivity index (χ2v) is 12.7. The van der Waals surface area contributed by atoms with Crippen molar-refractivity contribution in [2.75, 3.05) is 41.3 Å². The number of nitrogens with one attached hydrogen (secondary N) is 2. The van der Waals surface area contributed by atoms with Gasteiger partial charge >= 0.3 is 0 Å². The van der Waals surface area contributed by atoms with Crippen molar-refractivity contribution in [1.29, 1.82) is 0 Å². The molecule has 0 spiro atoms. The Morgan fingerprint density at radius 3 is 1.48 bits per heavy atom. The van der Waals surface area contributed by atoms with Gasteiger partial charge in [0.1, 0.15) is 0 Å². The Kier molecular flexibility index (Phi) is 10.0. The summed E-state index contributed by atoms with van der Waals surface area (Å²) < 4.78 is 0. The summed E-state index contributed by atoms with van der Waals surface area (Å²) in [5.41, 5.74) is 2.76. The summed E-state index contributed by atoms with van der Waals surface area (Å²) in [7, 11) is 11.1. The lowest BCUT2D eigenvalue weighted by Crippen LogP contribution is -2.39. The van der Waals surface area contributed by atoms with Crippen LogP contribution >= 0.6 is 21.6 Å². The van der Waals surface area contributed by atoms with Crippen LogP contribution in [0.3, 0.4) is 0 Å². The van der Waals surface area contributed by atoms with Crippen LogP contribution in [0.25, 0.3) is 21.8 Å². The number of fused-ring (bicyclic) bond motifs is 2. The Labute approximate surface area is 243 Å². The summed E-state index contributed by atoms with van der Waals surface area (Å²) in [6.07, 6.45) is 3.37. The fourth-order valence-electron chi connectivity index (χ4n) is 4.71. The standard InChI is InChI=1S/C30H36N6O2S2/c1-19(17-35(3)4)33-29(37)23-13-15-31-27-21(23)9-7-11-25(27)39-40-26-12-8-10-22-24(14-16-32-28(22)26)30(38)34-20(2)18-36(5)6/h7-16,19-20H,17-18H2,1-6H3,(H,33,37)(H,34,38). The minimum atomic E-state index is -0.111. The van der Waals surface area contributed by atoms with Crippen LogP contribution in [-0.2, 0) is 0 Å². The molecule has 0 radical (unpaired) electrons.